The van der Waals surface area contributed by atoms with Gasteiger partial charge in [-0.05, 0) is 208 Å². The fourth-order valence-electron chi connectivity index (χ4n) is 20.4. The fourth-order valence-corrected chi connectivity index (χ4v) is 21.5. The van der Waals surface area contributed by atoms with Crippen molar-refractivity contribution in [1.29, 1.82) is 0 Å². The lowest BCUT2D eigenvalue weighted by atomic mass is 9.67. The van der Waals surface area contributed by atoms with Crippen LogP contribution >= 0.6 is 11.3 Å². The number of rotatable bonds is 14. The first kappa shape index (κ1) is 68.2. The molecular weight excluding hydrogens is 1430 g/mol. The minimum atomic E-state index is -0.594. The summed E-state index contributed by atoms with van der Waals surface area (Å²) in [4.78, 5) is 4.99. The van der Waals surface area contributed by atoms with Gasteiger partial charge in [-0.2, -0.15) is 0 Å². The standard InChI is InChI=1S/C113H76N2OS/c1-111(2)99-44-21-15-37-87(99)90-64-60-83(70-102(90)111)115(85-62-66-92-89-39-17-23-46-101(89)113(104(92)72-85,80-32-11-5-12-33-80)81-34-13-6-14-35-81)106-48-25-19-40-93(106)96-42-27-43-97-94-63-56-76(69-107(94)116-110(96)97)75-52-50-73(51-53-75)74-54-58-82(59-55-74)114(105-47-24-18-36-86(105)77-57-67-109-98(68-77)95-41-20-26-49-108(95)117-109)84-61-65-91-88-38-16-22-45-100(88)112(103(91)71-84,78-28-7-3-8-29-78)79-30-9-4-10-31-79/h3-72H,1-2H3. The largest absolute Gasteiger partial charge is 0.455 e. The van der Waals surface area contributed by atoms with Gasteiger partial charge in [-0.1, -0.05) is 347 Å². The molecule has 18 aromatic carbocycles. The van der Waals surface area contributed by atoms with Gasteiger partial charge in [-0.15, -0.1) is 11.3 Å². The van der Waals surface area contributed by atoms with Gasteiger partial charge in [-0.25, -0.2) is 0 Å². The van der Waals surface area contributed by atoms with E-state index in [0.717, 1.165) is 95.0 Å². The van der Waals surface area contributed by atoms with Gasteiger partial charge in [0.15, 0.2) is 0 Å². The molecule has 117 heavy (non-hydrogen) atoms. The SMILES string of the molecule is CC1(C)c2ccccc2-c2ccc(N(c3ccc4c(c3)C(c3ccccc3)(c3ccccc3)c3ccccc3-4)c3ccccc3-c3cccc4c3oc3cc(-c5ccc(-c6ccc(N(c7ccc8c(c7)C(c7ccccc7)(c7ccccc7)c7ccccc7-8)c7ccccc7-c7ccc8sc9ccccc9c8c7)cc6)cc5)ccc34)cc21. The van der Waals surface area contributed by atoms with E-state index in [1.54, 1.807) is 0 Å². The van der Waals surface area contributed by atoms with Gasteiger partial charge in [0.05, 0.1) is 22.2 Å². The summed E-state index contributed by atoms with van der Waals surface area (Å²) in [5.74, 6) is 0. The summed E-state index contributed by atoms with van der Waals surface area (Å²) >= 11 is 1.86. The van der Waals surface area contributed by atoms with Crippen molar-refractivity contribution >= 4 is 87.6 Å². The van der Waals surface area contributed by atoms with Crippen LogP contribution in [0.5, 0.6) is 0 Å². The predicted octanol–water partition coefficient (Wildman–Crippen LogP) is 30.6. The Bertz CT molecular complexity index is 7260. The number of hydrogen-bond donors (Lipinski definition) is 0. The normalized spacial score (nSPS) is 13.6. The van der Waals surface area contributed by atoms with Crippen molar-refractivity contribution in [3.05, 3.63) is 480 Å². The van der Waals surface area contributed by atoms with Crippen LogP contribution in [0.15, 0.2) is 429 Å². The zero-order chi connectivity index (χ0) is 77.5. The average molecular weight is 1510 g/mol. The number of para-hydroxylation sites is 3. The molecule has 0 fully saturated rings. The molecule has 0 aliphatic heterocycles. The van der Waals surface area contributed by atoms with E-state index >= 15 is 0 Å². The Morgan fingerprint density at radius 2 is 0.598 bits per heavy atom. The number of benzene rings is 18. The van der Waals surface area contributed by atoms with Gasteiger partial charge >= 0.3 is 0 Å². The predicted molar refractivity (Wildman–Crippen MR) is 490 cm³/mol. The summed E-state index contributed by atoms with van der Waals surface area (Å²) in [7, 11) is 0. The smallest absolute Gasteiger partial charge is 0.143 e. The number of anilines is 6. The topological polar surface area (TPSA) is 19.6 Å². The van der Waals surface area contributed by atoms with Gasteiger partial charge in [-0.3, -0.25) is 0 Å². The number of nitrogens with zero attached hydrogens (tertiary/aromatic N) is 2. The quantitative estimate of drug-likeness (QED) is 0.108. The van der Waals surface area contributed by atoms with Gasteiger partial charge in [0.25, 0.3) is 0 Å². The maximum absolute atomic E-state index is 7.31. The van der Waals surface area contributed by atoms with Crippen LogP contribution < -0.4 is 9.80 Å². The van der Waals surface area contributed by atoms with Gasteiger partial charge in [0, 0.05) is 75.8 Å². The van der Waals surface area contributed by atoms with E-state index in [9.17, 15) is 0 Å². The van der Waals surface area contributed by atoms with E-state index in [0.29, 0.717) is 0 Å². The lowest BCUT2D eigenvalue weighted by Crippen LogP contribution is -2.28. The zero-order valence-electron chi connectivity index (χ0n) is 64.6. The van der Waals surface area contributed by atoms with E-state index in [4.69, 9.17) is 4.42 Å². The molecule has 0 saturated heterocycles. The fraction of sp³-hybridized carbons (Fsp3) is 0.0442. The van der Waals surface area contributed by atoms with E-state index in [-0.39, 0.29) is 5.41 Å². The van der Waals surface area contributed by atoms with Gasteiger partial charge in [0.2, 0.25) is 0 Å². The highest BCUT2D eigenvalue weighted by Gasteiger charge is 2.49. The molecule has 0 radical (unpaired) electrons. The van der Waals surface area contributed by atoms with Crippen molar-refractivity contribution in [2.45, 2.75) is 30.1 Å². The lowest BCUT2D eigenvalue weighted by molar-refractivity contribution is 0.660. The average Bonchev–Trinajstić information content (AvgIpc) is 1.54. The Kier molecular flexibility index (Phi) is 15.7. The molecule has 20 aromatic rings. The van der Waals surface area contributed by atoms with Crippen LogP contribution in [-0.4, -0.2) is 0 Å². The first-order valence-electron chi connectivity index (χ1n) is 40.6. The van der Waals surface area contributed by atoms with Crippen molar-refractivity contribution in [1.82, 2.24) is 0 Å². The highest BCUT2D eigenvalue weighted by atomic mass is 32.1. The maximum Gasteiger partial charge on any atom is 0.143 e. The Hall–Kier alpha value is -14.4. The highest BCUT2D eigenvalue weighted by Crippen LogP contribution is 2.61. The van der Waals surface area contributed by atoms with Crippen molar-refractivity contribution < 1.29 is 4.42 Å². The maximum atomic E-state index is 7.31. The highest BCUT2D eigenvalue weighted by molar-refractivity contribution is 7.25. The third-order valence-electron chi connectivity index (χ3n) is 25.7. The summed E-state index contributed by atoms with van der Waals surface area (Å²) in [6, 6.07) is 158. The van der Waals surface area contributed by atoms with E-state index in [1.165, 1.54) is 115 Å². The summed E-state index contributed by atoms with van der Waals surface area (Å²) in [6.07, 6.45) is 0. The second-order valence-electron chi connectivity index (χ2n) is 32.0. The van der Waals surface area contributed by atoms with Gasteiger partial charge < -0.3 is 14.2 Å². The minimum absolute atomic E-state index is 0.227. The molecule has 0 spiro atoms. The van der Waals surface area contributed by atoms with E-state index in [2.05, 4.69) is 448 Å². The molecule has 3 nitrogen and oxygen atoms in total. The van der Waals surface area contributed by atoms with Crippen LogP contribution in [0.3, 0.4) is 0 Å². The summed E-state index contributed by atoms with van der Waals surface area (Å²) in [6.45, 7) is 4.75. The van der Waals surface area contributed by atoms with Crippen LogP contribution in [0.25, 0.3) is 120 Å². The number of fused-ring (bicyclic) bond motifs is 15. The lowest BCUT2D eigenvalue weighted by Gasteiger charge is -2.35. The van der Waals surface area contributed by atoms with Crippen LogP contribution in [0.4, 0.5) is 34.1 Å². The molecule has 2 heterocycles. The minimum Gasteiger partial charge on any atom is -0.455 e. The number of furan rings is 1. The molecule has 0 atom stereocenters. The second-order valence-corrected chi connectivity index (χ2v) is 33.1. The van der Waals surface area contributed by atoms with Crippen LogP contribution in [-0.2, 0) is 16.2 Å². The Labute approximate surface area is 685 Å². The summed E-state index contributed by atoms with van der Waals surface area (Å²) in [5.41, 5.74) is 35.8. The Balaban J connectivity index is 0.616. The molecule has 0 bridgehead atoms. The third kappa shape index (κ3) is 10.4. The first-order valence-corrected chi connectivity index (χ1v) is 41.4. The van der Waals surface area contributed by atoms with Crippen molar-refractivity contribution in [2.75, 3.05) is 9.80 Å². The molecule has 3 aliphatic carbocycles. The molecule has 4 heteroatoms. The van der Waals surface area contributed by atoms with E-state index < -0.39 is 10.8 Å². The second kappa shape index (κ2) is 26.9. The van der Waals surface area contributed by atoms with Crippen molar-refractivity contribution in [3.63, 3.8) is 0 Å². The number of hydrogen-bond acceptors (Lipinski definition) is 4. The van der Waals surface area contributed by atoms with Crippen LogP contribution in [0, 0.1) is 0 Å². The van der Waals surface area contributed by atoms with Crippen LogP contribution in [0.1, 0.15) is 69.5 Å². The van der Waals surface area contributed by atoms with Crippen molar-refractivity contribution in [2.24, 2.45) is 0 Å². The van der Waals surface area contributed by atoms with Crippen LogP contribution in [0.2, 0.25) is 0 Å². The zero-order valence-corrected chi connectivity index (χ0v) is 65.4. The Morgan fingerprint density at radius 3 is 1.16 bits per heavy atom. The molecule has 23 rings (SSSR count). The van der Waals surface area contributed by atoms with Crippen molar-refractivity contribution in [3.8, 4) is 77.9 Å². The van der Waals surface area contributed by atoms with Gasteiger partial charge in [0.1, 0.15) is 11.2 Å². The molecule has 2 aromatic heterocycles. The molecule has 550 valence electrons. The first-order chi connectivity index (χ1) is 57.8. The van der Waals surface area contributed by atoms with E-state index in [1.807, 2.05) is 11.3 Å². The molecule has 0 saturated carbocycles. The summed E-state index contributed by atoms with van der Waals surface area (Å²) < 4.78 is 9.89. The molecular formula is C113H76N2OS. The molecule has 0 unspecified atom stereocenters. The molecule has 0 N–H and O–H groups in total. The third-order valence-corrected chi connectivity index (χ3v) is 26.8. The monoisotopic (exact) mass is 1510 g/mol. The molecule has 0 amide bonds. The summed E-state index contributed by atoms with van der Waals surface area (Å²) in [5, 5.41) is 4.71. The number of thiophene rings is 1. The molecule has 3 aliphatic rings. The Morgan fingerprint density at radius 1 is 0.222 bits per heavy atom.